The minimum atomic E-state index is -5.08. The third-order valence-electron chi connectivity index (χ3n) is 7.90. The molecule has 17 heteroatoms. The number of halogens is 7. The molecule has 0 saturated heterocycles. The average molecular weight is 733 g/mol. The Hall–Kier alpha value is -3.08. The molecule has 0 bridgehead atoms. The fourth-order valence-electron chi connectivity index (χ4n) is 5.75. The summed E-state index contributed by atoms with van der Waals surface area (Å²) in [6.07, 6.45) is -4.56. The van der Waals surface area contributed by atoms with E-state index in [1.54, 1.807) is 0 Å². The number of nitrogens with zero attached hydrogens (tertiary/aromatic N) is 1. The van der Waals surface area contributed by atoms with Gasteiger partial charge in [0.25, 0.3) is 0 Å². The number of fused-ring (bicyclic) bond motifs is 1. The summed E-state index contributed by atoms with van der Waals surface area (Å²) in [5.74, 6) is -4.28. The third kappa shape index (κ3) is 11.8. The molecule has 9 nitrogen and oxygen atoms in total. The Balaban J connectivity index is 0.000000479. The first-order chi connectivity index (χ1) is 22.3. The maximum atomic E-state index is 12.0. The highest BCUT2D eigenvalue weighted by Gasteiger charge is 2.50. The number of carboxylic acid groups (broad SMARTS) is 2. The minimum absolute atomic E-state index is 0.0160. The number of sulfone groups is 1. The van der Waals surface area contributed by atoms with Gasteiger partial charge in [0.2, 0.25) is 0 Å². The number of carboxylic acids is 2. The smallest absolute Gasteiger partial charge is 0.490 e. The molecule has 1 unspecified atom stereocenters. The van der Waals surface area contributed by atoms with E-state index in [2.05, 4.69) is 35.2 Å². The molecule has 1 aliphatic carbocycles. The largest absolute Gasteiger partial charge is 0.494 e. The molecule has 48 heavy (non-hydrogen) atoms. The van der Waals surface area contributed by atoms with Gasteiger partial charge in [0, 0.05) is 41.9 Å². The highest BCUT2D eigenvalue weighted by atomic mass is 35.5. The van der Waals surface area contributed by atoms with Crippen LogP contribution < -0.4 is 10.5 Å². The first kappa shape index (κ1) is 41.1. The van der Waals surface area contributed by atoms with Crippen LogP contribution in [0.5, 0.6) is 5.75 Å². The summed E-state index contributed by atoms with van der Waals surface area (Å²) in [6, 6.07) is 15.0. The van der Waals surface area contributed by atoms with E-state index in [0.29, 0.717) is 26.0 Å². The Labute approximate surface area is 279 Å². The van der Waals surface area contributed by atoms with Crippen LogP contribution in [-0.2, 0) is 31.3 Å². The molecular formula is C31H39ClF6N2O7S. The molecule has 2 aromatic carbocycles. The van der Waals surface area contributed by atoms with Crippen LogP contribution in [0.4, 0.5) is 26.3 Å². The van der Waals surface area contributed by atoms with Crippen molar-refractivity contribution in [3.63, 3.8) is 0 Å². The van der Waals surface area contributed by atoms with Gasteiger partial charge in [-0.1, -0.05) is 43.1 Å². The molecule has 2 aromatic rings. The Morgan fingerprint density at radius 1 is 1.02 bits per heavy atom. The number of nitrogens with two attached hydrogens (primary N) is 1. The van der Waals surface area contributed by atoms with Gasteiger partial charge in [-0.25, -0.2) is 18.0 Å². The molecule has 1 saturated carbocycles. The van der Waals surface area contributed by atoms with E-state index in [1.807, 2.05) is 19.1 Å². The van der Waals surface area contributed by atoms with E-state index >= 15 is 0 Å². The number of alkyl halides is 6. The van der Waals surface area contributed by atoms with Crippen molar-refractivity contribution in [1.29, 1.82) is 0 Å². The lowest BCUT2D eigenvalue weighted by Gasteiger charge is -2.54. The monoisotopic (exact) mass is 732 g/mol. The van der Waals surface area contributed by atoms with Crippen molar-refractivity contribution in [3.05, 3.63) is 64.2 Å². The Morgan fingerprint density at radius 3 is 2.10 bits per heavy atom. The van der Waals surface area contributed by atoms with Crippen molar-refractivity contribution < 1.29 is 59.3 Å². The Bertz CT molecular complexity index is 1460. The van der Waals surface area contributed by atoms with Crippen LogP contribution in [0.2, 0.25) is 5.02 Å². The summed E-state index contributed by atoms with van der Waals surface area (Å²) in [7, 11) is -2.98. The molecule has 270 valence electrons. The molecule has 1 fully saturated rings. The fourth-order valence-corrected chi connectivity index (χ4v) is 7.32. The van der Waals surface area contributed by atoms with Crippen molar-refractivity contribution in [2.45, 2.75) is 69.3 Å². The lowest BCUT2D eigenvalue weighted by molar-refractivity contribution is -0.193. The van der Waals surface area contributed by atoms with Crippen LogP contribution in [-0.4, -0.2) is 85.6 Å². The normalized spacial score (nSPS) is 17.4. The topological polar surface area (TPSA) is 147 Å². The van der Waals surface area contributed by atoms with Crippen LogP contribution in [0.3, 0.4) is 0 Å². The molecule has 1 atom stereocenters. The van der Waals surface area contributed by atoms with E-state index in [9.17, 15) is 34.8 Å². The Kier molecular flexibility index (Phi) is 15.0. The predicted molar refractivity (Wildman–Crippen MR) is 167 cm³/mol. The molecule has 0 radical (unpaired) electrons. The first-order valence-corrected chi connectivity index (χ1v) is 17.2. The zero-order valence-electron chi connectivity index (χ0n) is 26.1. The summed E-state index contributed by atoms with van der Waals surface area (Å²) in [5, 5.41) is 15.0. The second kappa shape index (κ2) is 17.5. The lowest BCUT2D eigenvalue weighted by Crippen LogP contribution is -2.52. The zero-order valence-corrected chi connectivity index (χ0v) is 27.7. The second-order valence-electron chi connectivity index (χ2n) is 11.3. The SMILES string of the molecule is CCCS(=O)(=O)CCCOc1ccc2c(c1)C(C1(c3cccc(Cl)c3)CCC1)N(CCN)CC2.O=C(O)C(F)(F)F.O=C(O)C(F)(F)F. The average Bonchev–Trinajstić information content (AvgIpc) is 2.95. The fraction of sp³-hybridized carbons (Fsp3) is 0.548. The maximum Gasteiger partial charge on any atom is 0.490 e. The van der Waals surface area contributed by atoms with Crippen LogP contribution in [0.1, 0.15) is 61.8 Å². The van der Waals surface area contributed by atoms with Gasteiger partial charge in [-0.2, -0.15) is 26.3 Å². The summed E-state index contributed by atoms with van der Waals surface area (Å²) < 4.78 is 93.5. The molecule has 2 aliphatic rings. The second-order valence-corrected chi connectivity index (χ2v) is 14.1. The van der Waals surface area contributed by atoms with Crippen LogP contribution in [0, 0.1) is 0 Å². The molecule has 0 aromatic heterocycles. The molecule has 0 amide bonds. The van der Waals surface area contributed by atoms with E-state index in [-0.39, 0.29) is 23.0 Å². The van der Waals surface area contributed by atoms with E-state index in [4.69, 9.17) is 41.9 Å². The molecule has 1 aliphatic heterocycles. The van der Waals surface area contributed by atoms with E-state index in [1.165, 1.54) is 23.1 Å². The van der Waals surface area contributed by atoms with Crippen LogP contribution >= 0.6 is 11.6 Å². The third-order valence-corrected chi connectivity index (χ3v) is 10.1. The van der Waals surface area contributed by atoms with E-state index < -0.39 is 34.1 Å². The summed E-state index contributed by atoms with van der Waals surface area (Å²) in [5.41, 5.74) is 10.0. The lowest BCUT2D eigenvalue weighted by atomic mass is 9.57. The summed E-state index contributed by atoms with van der Waals surface area (Å²) in [4.78, 5) is 20.3. The van der Waals surface area contributed by atoms with Crippen molar-refractivity contribution in [2.24, 2.45) is 5.73 Å². The van der Waals surface area contributed by atoms with Gasteiger partial charge < -0.3 is 20.7 Å². The quantitative estimate of drug-likeness (QED) is 0.182. The Morgan fingerprint density at radius 2 is 1.62 bits per heavy atom. The van der Waals surface area contributed by atoms with Gasteiger partial charge in [0.15, 0.2) is 0 Å². The van der Waals surface area contributed by atoms with Crippen molar-refractivity contribution in [1.82, 2.24) is 4.90 Å². The molecule has 1 heterocycles. The molecular weight excluding hydrogens is 694 g/mol. The van der Waals surface area contributed by atoms with Gasteiger partial charge in [0.1, 0.15) is 15.6 Å². The van der Waals surface area contributed by atoms with Crippen molar-refractivity contribution in [2.75, 3.05) is 37.7 Å². The number of hydrogen-bond acceptors (Lipinski definition) is 7. The molecule has 4 N–H and O–H groups in total. The number of ether oxygens (including phenoxy) is 1. The molecule has 4 rings (SSSR count). The van der Waals surface area contributed by atoms with Gasteiger partial charge >= 0.3 is 24.3 Å². The van der Waals surface area contributed by atoms with Crippen LogP contribution in [0.25, 0.3) is 0 Å². The van der Waals surface area contributed by atoms with Crippen molar-refractivity contribution >= 4 is 33.4 Å². The molecule has 0 spiro atoms. The summed E-state index contributed by atoms with van der Waals surface area (Å²) in [6.45, 7) is 4.77. The van der Waals surface area contributed by atoms with E-state index in [0.717, 1.165) is 43.1 Å². The maximum absolute atomic E-state index is 12.0. The zero-order chi connectivity index (χ0) is 36.3. The predicted octanol–water partition coefficient (Wildman–Crippen LogP) is 6.18. The highest BCUT2D eigenvalue weighted by molar-refractivity contribution is 7.91. The number of rotatable bonds is 11. The minimum Gasteiger partial charge on any atom is -0.494 e. The van der Waals surface area contributed by atoms with Gasteiger partial charge in [-0.3, -0.25) is 4.90 Å². The first-order valence-electron chi connectivity index (χ1n) is 15.0. The number of carbonyl (C=O) groups is 2. The standard InChI is InChI=1S/C27H37ClN2O3S.2C2HF3O2/c1-2-17-34(31,32)18-5-16-33-24-9-8-21-10-14-30(15-13-29)26(25(21)20-24)27(11-4-12-27)22-6-3-7-23(28)19-22;2*3-2(4,5)1(6)7/h3,6-9,19-20,26H,2,4-5,10-18,29H2,1H3;2*(H,6,7). The number of benzene rings is 2. The van der Waals surface area contributed by atoms with Crippen LogP contribution in [0.15, 0.2) is 42.5 Å². The summed E-state index contributed by atoms with van der Waals surface area (Å²) >= 11 is 6.42. The number of hydrogen-bond donors (Lipinski definition) is 3. The van der Waals surface area contributed by atoms with Crippen molar-refractivity contribution in [3.8, 4) is 5.75 Å². The van der Waals surface area contributed by atoms with Gasteiger partial charge in [-0.15, -0.1) is 0 Å². The van der Waals surface area contributed by atoms with Gasteiger partial charge in [-0.05, 0) is 73.1 Å². The number of aliphatic carboxylic acids is 2. The highest BCUT2D eigenvalue weighted by Crippen LogP contribution is 2.56. The van der Waals surface area contributed by atoms with Gasteiger partial charge in [0.05, 0.1) is 12.4 Å².